The molecule has 8 heteroatoms. The van der Waals surface area contributed by atoms with E-state index >= 15 is 0 Å². The fourth-order valence-electron chi connectivity index (χ4n) is 2.64. The van der Waals surface area contributed by atoms with Gasteiger partial charge in [0.15, 0.2) is 5.13 Å². The number of urea groups is 1. The number of carbonyl (C=O) groups excluding carboxylic acids is 2. The van der Waals surface area contributed by atoms with Gasteiger partial charge in [0.05, 0.1) is 0 Å². The van der Waals surface area contributed by atoms with E-state index < -0.39 is 6.03 Å². The molecule has 0 aliphatic rings. The lowest BCUT2D eigenvalue weighted by Gasteiger charge is -2.07. The van der Waals surface area contributed by atoms with Crippen molar-refractivity contribution in [3.63, 3.8) is 0 Å². The fraction of sp³-hybridized carbons (Fsp3) is 0. The molecule has 4 rings (SSSR count). The maximum Gasteiger partial charge on any atom is 0.325 e. The van der Waals surface area contributed by atoms with Crippen molar-refractivity contribution >= 4 is 39.8 Å². The quantitative estimate of drug-likeness (QED) is 0.359. The molecule has 0 saturated carbocycles. The molecule has 7 nitrogen and oxygen atoms in total. The van der Waals surface area contributed by atoms with Crippen molar-refractivity contribution in [2.24, 2.45) is 0 Å². The normalized spacial score (nSPS) is 10.2. The molecule has 1 aromatic heterocycles. The minimum Gasteiger partial charge on any atom is -0.457 e. The molecular formula is C23H18N4O3S. The molecule has 0 fully saturated rings. The number of hydrogen-bond acceptors (Lipinski definition) is 5. The first-order valence-electron chi connectivity index (χ1n) is 9.38. The van der Waals surface area contributed by atoms with E-state index in [4.69, 9.17) is 4.74 Å². The van der Waals surface area contributed by atoms with Gasteiger partial charge in [-0.2, -0.15) is 0 Å². The van der Waals surface area contributed by atoms with Crippen LogP contribution < -0.4 is 20.7 Å². The van der Waals surface area contributed by atoms with Crippen LogP contribution in [0.1, 0.15) is 10.5 Å². The van der Waals surface area contributed by atoms with Gasteiger partial charge in [-0.15, -0.1) is 11.3 Å². The van der Waals surface area contributed by atoms with Gasteiger partial charge in [-0.3, -0.25) is 10.1 Å². The van der Waals surface area contributed by atoms with Crippen molar-refractivity contribution in [3.8, 4) is 11.5 Å². The summed E-state index contributed by atoms with van der Waals surface area (Å²) in [5.74, 6) is 1.02. The maximum atomic E-state index is 12.5. The molecule has 3 aromatic carbocycles. The highest BCUT2D eigenvalue weighted by atomic mass is 32.1. The van der Waals surface area contributed by atoms with Crippen LogP contribution in [0.3, 0.4) is 0 Å². The highest BCUT2D eigenvalue weighted by Crippen LogP contribution is 2.23. The Morgan fingerprint density at radius 1 is 0.710 bits per heavy atom. The summed E-state index contributed by atoms with van der Waals surface area (Å²) >= 11 is 1.17. The van der Waals surface area contributed by atoms with Crippen LogP contribution in [0.4, 0.5) is 21.3 Å². The average molecular weight is 430 g/mol. The summed E-state index contributed by atoms with van der Waals surface area (Å²) in [5, 5.41) is 10.0. The Balaban J connectivity index is 1.32. The van der Waals surface area contributed by atoms with Crippen molar-refractivity contribution in [2.75, 3.05) is 16.0 Å². The van der Waals surface area contributed by atoms with Crippen LogP contribution in [-0.4, -0.2) is 16.9 Å². The Morgan fingerprint density at radius 2 is 1.32 bits per heavy atom. The Kier molecular flexibility index (Phi) is 6.20. The Hall–Kier alpha value is -4.17. The minimum atomic E-state index is -0.429. The molecule has 3 N–H and O–H groups in total. The molecule has 0 radical (unpaired) electrons. The van der Waals surface area contributed by atoms with E-state index in [-0.39, 0.29) is 11.6 Å². The number of nitrogens with zero attached hydrogens (tertiary/aromatic N) is 1. The number of amides is 3. The first kappa shape index (κ1) is 20.1. The fourth-order valence-corrected chi connectivity index (χ4v) is 3.33. The van der Waals surface area contributed by atoms with Gasteiger partial charge in [-0.25, -0.2) is 9.78 Å². The molecule has 3 amide bonds. The van der Waals surface area contributed by atoms with Gasteiger partial charge in [0.2, 0.25) is 0 Å². The van der Waals surface area contributed by atoms with Crippen molar-refractivity contribution in [1.82, 2.24) is 4.98 Å². The predicted molar refractivity (Wildman–Crippen MR) is 122 cm³/mol. The zero-order chi connectivity index (χ0) is 21.5. The number of rotatable bonds is 6. The van der Waals surface area contributed by atoms with Crippen LogP contribution in [0.5, 0.6) is 11.5 Å². The lowest BCUT2D eigenvalue weighted by atomic mass is 10.3. The zero-order valence-electron chi connectivity index (χ0n) is 16.2. The molecule has 0 saturated heterocycles. The highest BCUT2D eigenvalue weighted by Gasteiger charge is 2.13. The number of hydrogen-bond donors (Lipinski definition) is 3. The van der Waals surface area contributed by atoms with E-state index in [0.29, 0.717) is 22.3 Å². The van der Waals surface area contributed by atoms with Gasteiger partial charge in [-0.05, 0) is 48.5 Å². The minimum absolute atomic E-state index is 0.213. The monoisotopic (exact) mass is 430 g/mol. The largest absolute Gasteiger partial charge is 0.457 e. The molecule has 0 aliphatic carbocycles. The van der Waals surface area contributed by atoms with E-state index in [1.165, 1.54) is 11.3 Å². The second-order valence-electron chi connectivity index (χ2n) is 6.38. The molecular weight excluding hydrogens is 412 g/mol. The Morgan fingerprint density at radius 3 is 2.03 bits per heavy atom. The Labute approximate surface area is 182 Å². The molecule has 0 aliphatic heterocycles. The van der Waals surface area contributed by atoms with Gasteiger partial charge in [-0.1, -0.05) is 36.4 Å². The number of carbonyl (C=O) groups is 2. The summed E-state index contributed by atoms with van der Waals surface area (Å²) in [6, 6.07) is 25.1. The summed E-state index contributed by atoms with van der Waals surface area (Å²) in [5.41, 5.74) is 1.48. The third-order valence-electron chi connectivity index (χ3n) is 4.08. The molecule has 0 atom stereocenters. The molecule has 31 heavy (non-hydrogen) atoms. The summed E-state index contributed by atoms with van der Waals surface area (Å²) in [7, 11) is 0. The number of aromatic nitrogens is 1. The molecule has 154 valence electrons. The topological polar surface area (TPSA) is 92.4 Å². The van der Waals surface area contributed by atoms with E-state index in [1.807, 2.05) is 48.5 Å². The number of ether oxygens (including phenoxy) is 1. The van der Waals surface area contributed by atoms with Crippen LogP contribution in [0, 0.1) is 0 Å². The molecule has 4 aromatic rings. The van der Waals surface area contributed by atoms with Gasteiger partial charge in [0.25, 0.3) is 5.91 Å². The molecule has 0 spiro atoms. The number of benzene rings is 3. The van der Waals surface area contributed by atoms with Crippen molar-refractivity contribution in [2.45, 2.75) is 0 Å². The predicted octanol–water partition coefficient (Wildman–Crippen LogP) is 5.83. The van der Waals surface area contributed by atoms with Crippen molar-refractivity contribution in [1.29, 1.82) is 0 Å². The first-order chi connectivity index (χ1) is 15.2. The van der Waals surface area contributed by atoms with E-state index in [1.54, 1.807) is 41.8 Å². The highest BCUT2D eigenvalue weighted by molar-refractivity contribution is 7.14. The van der Waals surface area contributed by atoms with Crippen molar-refractivity contribution < 1.29 is 14.3 Å². The van der Waals surface area contributed by atoms with Crippen LogP contribution in [0.15, 0.2) is 90.3 Å². The maximum absolute atomic E-state index is 12.5. The van der Waals surface area contributed by atoms with E-state index in [0.717, 1.165) is 5.75 Å². The zero-order valence-corrected chi connectivity index (χ0v) is 17.1. The van der Waals surface area contributed by atoms with Gasteiger partial charge >= 0.3 is 6.03 Å². The first-order valence-corrected chi connectivity index (χ1v) is 10.3. The Bertz CT molecular complexity index is 1160. The van der Waals surface area contributed by atoms with E-state index in [2.05, 4.69) is 20.9 Å². The van der Waals surface area contributed by atoms with Crippen LogP contribution >= 0.6 is 11.3 Å². The van der Waals surface area contributed by atoms with Gasteiger partial charge in [0, 0.05) is 16.8 Å². The van der Waals surface area contributed by atoms with Gasteiger partial charge in [0.1, 0.15) is 17.2 Å². The second kappa shape index (κ2) is 9.55. The van der Waals surface area contributed by atoms with Gasteiger partial charge < -0.3 is 15.4 Å². The summed E-state index contributed by atoms with van der Waals surface area (Å²) < 4.78 is 5.74. The lowest BCUT2D eigenvalue weighted by Crippen LogP contribution is -2.19. The third kappa shape index (κ3) is 5.68. The molecule has 1 heterocycles. The average Bonchev–Trinajstić information content (AvgIpc) is 3.25. The van der Waals surface area contributed by atoms with E-state index in [9.17, 15) is 9.59 Å². The summed E-state index contributed by atoms with van der Waals surface area (Å²) in [6.45, 7) is 0. The smallest absolute Gasteiger partial charge is 0.325 e. The SMILES string of the molecule is O=C(Nc1ccccc1)Nc1nc(C(=O)Nc2ccc(Oc3ccccc3)cc2)cs1. The number of nitrogens with one attached hydrogen (secondary N) is 3. The number of para-hydroxylation sites is 2. The summed E-state index contributed by atoms with van der Waals surface area (Å²) in [4.78, 5) is 28.7. The number of thiazole rings is 1. The third-order valence-corrected chi connectivity index (χ3v) is 4.84. The van der Waals surface area contributed by atoms with Crippen molar-refractivity contribution in [3.05, 3.63) is 96.0 Å². The standard InChI is InChI=1S/C23H18N4O3S/c28-21(24-17-11-13-19(14-12-17)30-18-9-5-2-6-10-18)20-15-31-23(26-20)27-22(29)25-16-7-3-1-4-8-16/h1-15H,(H,24,28)(H2,25,26,27,29). The summed E-state index contributed by atoms with van der Waals surface area (Å²) in [6.07, 6.45) is 0. The van der Waals surface area contributed by atoms with Crippen LogP contribution in [-0.2, 0) is 0 Å². The molecule has 0 bridgehead atoms. The number of anilines is 3. The lowest BCUT2D eigenvalue weighted by molar-refractivity contribution is 0.102. The van der Waals surface area contributed by atoms with Crippen LogP contribution in [0.2, 0.25) is 0 Å². The van der Waals surface area contributed by atoms with Crippen LogP contribution in [0.25, 0.3) is 0 Å². The second-order valence-corrected chi connectivity index (χ2v) is 7.23. The molecule has 0 unspecified atom stereocenters.